The van der Waals surface area contributed by atoms with Gasteiger partial charge in [-0.25, -0.2) is 4.79 Å². The number of carbonyl (C=O) groups excluding carboxylic acids is 2. The molecule has 0 radical (unpaired) electrons. The summed E-state index contributed by atoms with van der Waals surface area (Å²) in [6, 6.07) is 5.53. The Hall–Kier alpha value is -2.66. The number of fused-ring (bicyclic) bond motifs is 5. The second-order valence-electron chi connectivity index (χ2n) is 20.4. The van der Waals surface area contributed by atoms with Gasteiger partial charge in [0.05, 0.1) is 47.6 Å². The Morgan fingerprint density at radius 3 is 2.06 bits per heavy atom. The van der Waals surface area contributed by atoms with Crippen LogP contribution in [0.3, 0.4) is 0 Å². The summed E-state index contributed by atoms with van der Waals surface area (Å²) in [6.07, 6.45) is -8.46. The second-order valence-corrected chi connectivity index (χ2v) is 20.4. The first kappa shape index (κ1) is 49.8. The molecule has 3 saturated carbocycles. The van der Waals surface area contributed by atoms with Crippen molar-refractivity contribution < 1.29 is 88.0 Å². The fourth-order valence-electron chi connectivity index (χ4n) is 13.0. The number of carbonyl (C=O) groups is 2. The predicted octanol–water partition coefficient (Wildman–Crippen LogP) is 2.32. The van der Waals surface area contributed by atoms with Crippen LogP contribution in [-0.2, 0) is 47.4 Å². The van der Waals surface area contributed by atoms with Crippen LogP contribution in [0.2, 0.25) is 0 Å². The molecule has 0 unspecified atom stereocenters. The topological polar surface area (TPSA) is 259 Å². The number of benzene rings is 1. The zero-order valence-electron chi connectivity index (χ0n) is 39.1. The predicted molar refractivity (Wildman–Crippen MR) is 229 cm³/mol. The highest BCUT2D eigenvalue weighted by molar-refractivity contribution is 5.90. The quantitative estimate of drug-likeness (QED) is 0.124. The molecule has 66 heavy (non-hydrogen) atoms. The lowest BCUT2D eigenvalue weighted by Gasteiger charge is -2.67. The van der Waals surface area contributed by atoms with Crippen LogP contribution < -0.4 is 0 Å². The van der Waals surface area contributed by atoms with Crippen LogP contribution in [-0.4, -0.2) is 171 Å². The maximum absolute atomic E-state index is 13.7. The van der Waals surface area contributed by atoms with Crippen LogP contribution in [0.5, 0.6) is 5.75 Å². The number of ether oxygens (including phenoxy) is 9. The lowest BCUT2D eigenvalue weighted by atomic mass is 9.42. The van der Waals surface area contributed by atoms with E-state index in [4.69, 9.17) is 42.6 Å². The van der Waals surface area contributed by atoms with E-state index in [2.05, 4.69) is 0 Å². The number of Topliss-reactive ketones (excluding diaryl/α,β-unsaturated/α-hetero) is 1. The fraction of sp³-hybridized carbons (Fsp3) is 0.792. The summed E-state index contributed by atoms with van der Waals surface area (Å²) in [6.45, 7) is 10.1. The zero-order valence-corrected chi connectivity index (χ0v) is 39.1. The number of rotatable bonds is 11. The highest BCUT2D eigenvalue weighted by Crippen LogP contribution is 2.71. The number of aromatic hydroxyl groups is 1. The van der Waals surface area contributed by atoms with Crippen LogP contribution in [0.4, 0.5) is 0 Å². The number of esters is 1. The van der Waals surface area contributed by atoms with Crippen molar-refractivity contribution in [1.82, 2.24) is 0 Å². The Morgan fingerprint density at radius 2 is 1.42 bits per heavy atom. The summed E-state index contributed by atoms with van der Waals surface area (Å²) >= 11 is 0. The summed E-state index contributed by atoms with van der Waals surface area (Å²) in [5.74, 6) is -2.02. The number of hydrogen-bond acceptors (Lipinski definition) is 18. The normalized spacial score (nSPS) is 49.2. The molecule has 3 saturated heterocycles. The van der Waals surface area contributed by atoms with Crippen molar-refractivity contribution in [2.24, 2.45) is 16.7 Å². The molecule has 6 fully saturated rings. The van der Waals surface area contributed by atoms with Gasteiger partial charge in [0.1, 0.15) is 59.2 Å². The smallest absolute Gasteiger partial charge is 0.338 e. The van der Waals surface area contributed by atoms with Gasteiger partial charge in [0.25, 0.3) is 0 Å². The summed E-state index contributed by atoms with van der Waals surface area (Å²) in [4.78, 5) is 26.9. The molecule has 8 rings (SSSR count). The monoisotopic (exact) mass is 934 g/mol. The van der Waals surface area contributed by atoms with Crippen molar-refractivity contribution in [3.63, 3.8) is 0 Å². The van der Waals surface area contributed by atoms with Crippen LogP contribution in [0.1, 0.15) is 110 Å². The Labute approximate surface area is 385 Å². The minimum absolute atomic E-state index is 0.0370. The van der Waals surface area contributed by atoms with Crippen LogP contribution in [0.15, 0.2) is 35.9 Å². The number of methoxy groups -OCH3 is 2. The maximum Gasteiger partial charge on any atom is 0.338 e. The van der Waals surface area contributed by atoms with Crippen molar-refractivity contribution in [2.45, 2.75) is 208 Å². The van der Waals surface area contributed by atoms with Gasteiger partial charge in [0.15, 0.2) is 24.7 Å². The number of ketones is 1. The van der Waals surface area contributed by atoms with Crippen molar-refractivity contribution in [1.29, 1.82) is 0 Å². The van der Waals surface area contributed by atoms with Crippen LogP contribution >= 0.6 is 0 Å². The van der Waals surface area contributed by atoms with E-state index in [9.17, 15) is 45.3 Å². The third-order valence-electron chi connectivity index (χ3n) is 17.0. The lowest BCUT2D eigenvalue weighted by molar-refractivity contribution is -0.351. The highest BCUT2D eigenvalue weighted by Gasteiger charge is 2.81. The number of hydrogen-bond donors (Lipinski definition) is 7. The van der Waals surface area contributed by atoms with Gasteiger partial charge in [-0.2, -0.15) is 0 Å². The third kappa shape index (κ3) is 7.98. The van der Waals surface area contributed by atoms with Gasteiger partial charge in [-0.15, -0.1) is 0 Å². The lowest BCUT2D eigenvalue weighted by Crippen LogP contribution is -2.78. The van der Waals surface area contributed by atoms with Gasteiger partial charge in [-0.3, -0.25) is 4.79 Å². The molecule has 18 nitrogen and oxygen atoms in total. The molecule has 3 aliphatic heterocycles. The summed E-state index contributed by atoms with van der Waals surface area (Å²) in [5, 5.41) is 80.4. The molecule has 1 aromatic rings. The molecule has 0 amide bonds. The number of phenols is 1. The van der Waals surface area contributed by atoms with Crippen LogP contribution in [0, 0.1) is 16.7 Å². The second kappa shape index (κ2) is 18.3. The zero-order chi connectivity index (χ0) is 47.9. The summed E-state index contributed by atoms with van der Waals surface area (Å²) in [5.41, 5.74) is -7.20. The molecule has 0 spiro atoms. The van der Waals surface area contributed by atoms with Gasteiger partial charge >= 0.3 is 5.97 Å². The van der Waals surface area contributed by atoms with E-state index in [1.807, 2.05) is 13.0 Å². The molecule has 21 atom stereocenters. The minimum atomic E-state index is -2.09. The molecule has 0 aromatic heterocycles. The van der Waals surface area contributed by atoms with E-state index in [1.165, 1.54) is 45.4 Å². The largest absolute Gasteiger partial charge is 0.508 e. The molecule has 1 aromatic carbocycles. The fourth-order valence-corrected chi connectivity index (χ4v) is 13.0. The van der Waals surface area contributed by atoms with Gasteiger partial charge in [0.2, 0.25) is 0 Å². The van der Waals surface area contributed by atoms with Gasteiger partial charge < -0.3 is 78.4 Å². The van der Waals surface area contributed by atoms with Gasteiger partial charge in [-0.05, 0) is 109 Å². The van der Waals surface area contributed by atoms with Crippen molar-refractivity contribution in [3.8, 4) is 5.75 Å². The number of aliphatic hydroxyl groups is 6. The molecule has 7 aliphatic rings. The highest BCUT2D eigenvalue weighted by atomic mass is 16.7. The summed E-state index contributed by atoms with van der Waals surface area (Å²) < 4.78 is 54.7. The maximum atomic E-state index is 13.7. The van der Waals surface area contributed by atoms with Crippen LogP contribution in [0.25, 0.3) is 0 Å². The molecular weight excluding hydrogens is 865 g/mol. The number of aliphatic hydroxyl groups excluding tert-OH is 3. The molecule has 18 heteroatoms. The molecule has 370 valence electrons. The van der Waals surface area contributed by atoms with E-state index in [-0.39, 0.29) is 55.9 Å². The average Bonchev–Trinajstić information content (AvgIpc) is 3.50. The number of phenolic OH excluding ortho intramolecular Hbond substituents is 1. The molecule has 0 bridgehead atoms. The SMILES string of the molecule is CO[C@@H]1[C@@H](O)[C@H](O[C@H]2[C@@H](OC)C[C@H](O[C@H]3[C@@H](O)C[C@H](O[C@H]4CC[C@@]5(C)C(=CC[C@]6(O)[C@@H]5C[C@@H](OC(=O)c5ccc(O)cc5)[C@@]5(C)[C@]6(O)CC[C@@]5(O)C(C)=O)C4)O[C@@H]3C)O[C@@H]2C)O[C@H](C)[C@H]1O. The van der Waals surface area contributed by atoms with Gasteiger partial charge in [-0.1, -0.05) is 18.6 Å². The Bertz CT molecular complexity index is 1950. The molecule has 7 N–H and O–H groups in total. The van der Waals surface area contributed by atoms with E-state index in [1.54, 1.807) is 27.7 Å². The van der Waals surface area contributed by atoms with Gasteiger partial charge in [0, 0.05) is 33.0 Å². The van der Waals surface area contributed by atoms with Crippen molar-refractivity contribution in [3.05, 3.63) is 41.5 Å². The first-order chi connectivity index (χ1) is 31.0. The first-order valence-corrected chi connectivity index (χ1v) is 23.5. The summed E-state index contributed by atoms with van der Waals surface area (Å²) in [7, 11) is 2.93. The molecule has 4 aliphatic carbocycles. The van der Waals surface area contributed by atoms with E-state index < -0.39 is 131 Å². The molecular formula is C48H70O18. The first-order valence-electron chi connectivity index (χ1n) is 23.5. The average molecular weight is 935 g/mol. The van der Waals surface area contributed by atoms with Crippen molar-refractivity contribution >= 4 is 11.8 Å². The van der Waals surface area contributed by atoms with E-state index >= 15 is 0 Å². The standard InChI is InChI=1S/C48H70O18/c1-23-37(52)41(59-8)38(53)43(62-23)66-40-25(3)61-36(21-32(40)58-7)65-39-24(2)60-35(20-31(39)51)63-30-14-15-44(5)28(19-30)13-16-47(56)33(44)22-34(64-42(54)27-9-11-29(50)12-10-27)45(6)46(55,26(4)49)17-18-48(45,47)57/h9-13,23-25,30-41,43,50-53,55-57H,14-22H2,1-8H3/t23-,24-,25-,30+,31+,32+,33-,34-,35+,36+,37-,38-,39-,40-,41+,43+,44+,45-,46-,47+,48-/m1/s1. The third-order valence-corrected chi connectivity index (χ3v) is 17.0. The van der Waals surface area contributed by atoms with Crippen molar-refractivity contribution in [2.75, 3.05) is 14.2 Å². The van der Waals surface area contributed by atoms with E-state index in [0.29, 0.717) is 19.3 Å². The Balaban J connectivity index is 0.916. The van der Waals surface area contributed by atoms with E-state index in [0.717, 1.165) is 5.57 Å². The minimum Gasteiger partial charge on any atom is -0.508 e. The Kier molecular flexibility index (Phi) is 13.8. The molecule has 3 heterocycles. The Morgan fingerprint density at radius 1 is 0.758 bits per heavy atom.